The van der Waals surface area contributed by atoms with E-state index in [9.17, 15) is 0 Å². The zero-order chi connectivity index (χ0) is 7.61. The lowest BCUT2D eigenvalue weighted by Gasteiger charge is -2.26. The molecule has 1 unspecified atom stereocenters. The van der Waals surface area contributed by atoms with E-state index in [0.717, 1.165) is 5.70 Å². The summed E-state index contributed by atoms with van der Waals surface area (Å²) in [6.45, 7) is 5.75. The van der Waals surface area contributed by atoms with Gasteiger partial charge in [0, 0.05) is 6.92 Å². The van der Waals surface area contributed by atoms with Gasteiger partial charge in [0.25, 0.3) is 0 Å². The third-order valence-corrected chi connectivity index (χ3v) is 1.60. The molecule has 0 saturated carbocycles. The number of hydrogen-bond acceptors (Lipinski definition) is 1. The molecular formula is C8H12NO+. The highest BCUT2D eigenvalue weighted by molar-refractivity contribution is 4.99. The third kappa shape index (κ3) is 1.11. The molecule has 0 radical (unpaired) electrons. The highest BCUT2D eigenvalue weighted by Crippen LogP contribution is 2.17. The Hall–Kier alpha value is -1.02. The number of hydroxylamine groups is 3. The van der Waals surface area contributed by atoms with Gasteiger partial charge in [0.2, 0.25) is 0 Å². The molecule has 0 amide bonds. The fourth-order valence-corrected chi connectivity index (χ4v) is 0.673. The van der Waals surface area contributed by atoms with Gasteiger partial charge in [-0.2, -0.15) is 0 Å². The Balaban J connectivity index is 2.80. The van der Waals surface area contributed by atoms with Crippen LogP contribution in [0.1, 0.15) is 6.92 Å². The van der Waals surface area contributed by atoms with Crippen LogP contribution >= 0.6 is 0 Å². The van der Waals surface area contributed by atoms with E-state index in [1.807, 2.05) is 32.3 Å². The third-order valence-electron chi connectivity index (χ3n) is 1.60. The molecule has 1 rings (SSSR count). The van der Waals surface area contributed by atoms with E-state index in [4.69, 9.17) is 4.84 Å². The number of nitrogens with zero attached hydrogens (tertiary/aromatic N) is 1. The summed E-state index contributed by atoms with van der Waals surface area (Å²) in [6, 6.07) is 0. The first-order chi connectivity index (χ1) is 4.65. The summed E-state index contributed by atoms with van der Waals surface area (Å²) in [7, 11) is 1.93. The lowest BCUT2D eigenvalue weighted by molar-refractivity contribution is -1.01. The minimum absolute atomic E-state index is 0.344. The summed E-state index contributed by atoms with van der Waals surface area (Å²) in [6.07, 6.45) is 7.39. The Morgan fingerprint density at radius 3 is 2.50 bits per heavy atom. The molecule has 0 aromatic rings. The molecular weight excluding hydrogens is 126 g/mol. The van der Waals surface area contributed by atoms with E-state index in [0.29, 0.717) is 4.65 Å². The molecule has 1 aliphatic rings. The van der Waals surface area contributed by atoms with Crippen LogP contribution in [0.2, 0.25) is 0 Å². The van der Waals surface area contributed by atoms with Crippen LogP contribution in [0.25, 0.3) is 0 Å². The van der Waals surface area contributed by atoms with Crippen molar-refractivity contribution in [1.29, 1.82) is 0 Å². The largest absolute Gasteiger partial charge is 0.313 e. The number of rotatable bonds is 1. The van der Waals surface area contributed by atoms with Gasteiger partial charge in [0.05, 0.1) is 0 Å². The maximum atomic E-state index is 5.30. The van der Waals surface area contributed by atoms with Crippen molar-refractivity contribution in [2.45, 2.75) is 6.92 Å². The van der Waals surface area contributed by atoms with Gasteiger partial charge < -0.3 is 4.84 Å². The lowest BCUT2D eigenvalue weighted by atomic mass is 10.4. The second-order valence-corrected chi connectivity index (χ2v) is 2.50. The van der Waals surface area contributed by atoms with Crippen molar-refractivity contribution in [1.82, 2.24) is 0 Å². The van der Waals surface area contributed by atoms with E-state index in [-0.39, 0.29) is 0 Å². The maximum Gasteiger partial charge on any atom is 0.155 e. The average molecular weight is 138 g/mol. The van der Waals surface area contributed by atoms with Gasteiger partial charge in [-0.15, -0.1) is 0 Å². The van der Waals surface area contributed by atoms with Gasteiger partial charge in [0.15, 0.2) is 6.26 Å². The zero-order valence-electron chi connectivity index (χ0n) is 6.37. The molecule has 0 fully saturated rings. The first kappa shape index (κ1) is 7.09. The van der Waals surface area contributed by atoms with Crippen LogP contribution in [0.5, 0.6) is 0 Å². The summed E-state index contributed by atoms with van der Waals surface area (Å²) in [5, 5.41) is 0. The van der Waals surface area contributed by atoms with Crippen LogP contribution in [0.3, 0.4) is 0 Å². The summed E-state index contributed by atoms with van der Waals surface area (Å²) >= 11 is 0. The van der Waals surface area contributed by atoms with Gasteiger partial charge in [-0.1, -0.05) is 4.65 Å². The minimum atomic E-state index is 0.344. The van der Waals surface area contributed by atoms with Gasteiger partial charge >= 0.3 is 0 Å². The van der Waals surface area contributed by atoms with E-state index >= 15 is 0 Å². The summed E-state index contributed by atoms with van der Waals surface area (Å²) in [4.78, 5) is 5.30. The summed E-state index contributed by atoms with van der Waals surface area (Å²) in [5.41, 5.74) is 0.959. The van der Waals surface area contributed by atoms with Crippen LogP contribution in [-0.2, 0) is 4.84 Å². The van der Waals surface area contributed by atoms with Gasteiger partial charge in [0.1, 0.15) is 18.9 Å². The smallest absolute Gasteiger partial charge is 0.155 e. The maximum absolute atomic E-state index is 5.30. The predicted octanol–water partition coefficient (Wildman–Crippen LogP) is 1.94. The van der Waals surface area contributed by atoms with Crippen LogP contribution in [-0.4, -0.2) is 11.7 Å². The molecule has 0 aromatic heterocycles. The summed E-state index contributed by atoms with van der Waals surface area (Å²) < 4.78 is 0.344. The van der Waals surface area contributed by atoms with Crippen LogP contribution < -0.4 is 0 Å². The molecule has 1 heterocycles. The van der Waals surface area contributed by atoms with E-state index in [2.05, 4.69) is 6.58 Å². The van der Waals surface area contributed by atoms with Crippen molar-refractivity contribution in [3.05, 3.63) is 36.9 Å². The van der Waals surface area contributed by atoms with Crippen molar-refractivity contribution in [2.24, 2.45) is 0 Å². The molecule has 10 heavy (non-hydrogen) atoms. The number of quaternary nitrogens is 1. The quantitative estimate of drug-likeness (QED) is 0.503. The standard InChI is InChI=1S/C8H12NO/c1-8(2)9(3)6-4-5-7-10-9/h4-7H,1H2,2-3H3/q+1. The molecule has 0 saturated heterocycles. The molecule has 2 nitrogen and oxygen atoms in total. The van der Waals surface area contributed by atoms with Crippen molar-refractivity contribution in [3.8, 4) is 0 Å². The van der Waals surface area contributed by atoms with Crippen molar-refractivity contribution in [2.75, 3.05) is 7.05 Å². The molecule has 1 atom stereocenters. The first-order valence-corrected chi connectivity index (χ1v) is 3.20. The van der Waals surface area contributed by atoms with E-state index < -0.39 is 0 Å². The highest BCUT2D eigenvalue weighted by atomic mass is 16.7. The van der Waals surface area contributed by atoms with Crippen molar-refractivity contribution < 1.29 is 9.48 Å². The molecule has 1 aliphatic heterocycles. The number of allylic oxidation sites excluding steroid dienone is 3. The Labute approximate surface area is 61.3 Å². The first-order valence-electron chi connectivity index (χ1n) is 3.20. The molecule has 0 spiro atoms. The monoisotopic (exact) mass is 138 g/mol. The lowest BCUT2D eigenvalue weighted by Crippen LogP contribution is -2.34. The minimum Gasteiger partial charge on any atom is -0.313 e. The van der Waals surface area contributed by atoms with E-state index in [1.54, 1.807) is 6.26 Å². The topological polar surface area (TPSA) is 9.23 Å². The Morgan fingerprint density at radius 1 is 1.50 bits per heavy atom. The zero-order valence-corrected chi connectivity index (χ0v) is 6.37. The second-order valence-electron chi connectivity index (χ2n) is 2.50. The molecule has 0 N–H and O–H groups in total. The van der Waals surface area contributed by atoms with Gasteiger partial charge in [-0.25, -0.2) is 0 Å². The molecule has 54 valence electrons. The highest BCUT2D eigenvalue weighted by Gasteiger charge is 2.22. The van der Waals surface area contributed by atoms with Crippen LogP contribution in [0, 0.1) is 0 Å². The average Bonchev–Trinajstić information content (AvgIpc) is 1.89. The Bertz CT molecular complexity index is 205. The molecule has 2 heteroatoms. The van der Waals surface area contributed by atoms with Gasteiger partial charge in [-0.05, 0) is 18.7 Å². The second kappa shape index (κ2) is 2.31. The molecule has 0 aliphatic carbocycles. The van der Waals surface area contributed by atoms with Crippen molar-refractivity contribution in [3.63, 3.8) is 0 Å². The van der Waals surface area contributed by atoms with Crippen molar-refractivity contribution >= 4 is 0 Å². The van der Waals surface area contributed by atoms with E-state index in [1.165, 1.54) is 0 Å². The number of hydrogen-bond donors (Lipinski definition) is 0. The summed E-state index contributed by atoms with van der Waals surface area (Å²) in [5.74, 6) is 0. The SMILES string of the molecule is C=C(C)[N+]1(C)C=CC=CO1. The van der Waals surface area contributed by atoms with Crippen LogP contribution in [0.4, 0.5) is 0 Å². The Morgan fingerprint density at radius 2 is 2.20 bits per heavy atom. The normalized spacial score (nSPS) is 29.8. The van der Waals surface area contributed by atoms with Gasteiger partial charge in [-0.3, -0.25) is 0 Å². The van der Waals surface area contributed by atoms with Crippen LogP contribution in [0.15, 0.2) is 36.9 Å². The fourth-order valence-electron chi connectivity index (χ4n) is 0.673. The fraction of sp³-hybridized carbons (Fsp3) is 0.250. The predicted molar refractivity (Wildman–Crippen MR) is 40.4 cm³/mol. The Kier molecular flexibility index (Phi) is 1.64. The molecule has 0 bridgehead atoms. The molecule has 0 aromatic carbocycles.